The molecule has 0 atom stereocenters. The van der Waals surface area contributed by atoms with Gasteiger partial charge in [-0.25, -0.2) is 19.4 Å². The first-order chi connectivity index (χ1) is 14.6. The van der Waals surface area contributed by atoms with Crippen molar-refractivity contribution in [2.45, 2.75) is 31.2 Å². The normalized spacial score (nSPS) is 16.8. The maximum absolute atomic E-state index is 12.6. The van der Waals surface area contributed by atoms with Gasteiger partial charge < -0.3 is 9.64 Å². The Morgan fingerprint density at radius 2 is 1.90 bits per heavy atom. The monoisotopic (exact) mass is 429 g/mol. The number of aryl methyl sites for hydroxylation is 1. The zero-order valence-corrected chi connectivity index (χ0v) is 18.2. The lowest BCUT2D eigenvalue weighted by molar-refractivity contribution is -0.135. The van der Waals surface area contributed by atoms with Gasteiger partial charge in [0.25, 0.3) is 0 Å². The minimum Gasteiger partial charge on any atom is -0.497 e. The summed E-state index contributed by atoms with van der Waals surface area (Å²) < 4.78 is 6.83. The van der Waals surface area contributed by atoms with Crippen molar-refractivity contribution in [3.63, 3.8) is 0 Å². The highest BCUT2D eigenvalue weighted by Gasteiger charge is 2.35. The second-order valence-electron chi connectivity index (χ2n) is 7.43. The smallest absolute Gasteiger partial charge is 0.344 e. The van der Waals surface area contributed by atoms with Crippen LogP contribution in [0.5, 0.6) is 5.75 Å². The zero-order valence-electron chi connectivity index (χ0n) is 17.4. The topological polar surface area (TPSA) is 70.9 Å². The average Bonchev–Trinajstić information content (AvgIpc) is 3.31. The number of nitrogens with zero attached hydrogens (tertiary/aromatic N) is 5. The first-order valence-electron chi connectivity index (χ1n) is 10.2. The Morgan fingerprint density at radius 3 is 2.57 bits per heavy atom. The summed E-state index contributed by atoms with van der Waals surface area (Å²) in [7, 11) is 1.66. The molecule has 2 aliphatic rings. The molecular formula is C21H27N5O3S. The number of imidazole rings is 1. The van der Waals surface area contributed by atoms with Crippen LogP contribution in [0.25, 0.3) is 0 Å². The highest BCUT2D eigenvalue weighted by atomic mass is 32.2. The number of hydrogen-bond acceptors (Lipinski definition) is 6. The number of rotatable bonds is 7. The van der Waals surface area contributed by atoms with E-state index in [0.717, 1.165) is 29.4 Å². The van der Waals surface area contributed by atoms with Crippen LogP contribution in [0.15, 0.2) is 35.4 Å². The Labute approximate surface area is 180 Å². The summed E-state index contributed by atoms with van der Waals surface area (Å²) in [5.74, 6) is 2.68. The summed E-state index contributed by atoms with van der Waals surface area (Å²) in [6.07, 6.45) is 3.17. The van der Waals surface area contributed by atoms with Crippen molar-refractivity contribution in [3.8, 4) is 5.75 Å². The van der Waals surface area contributed by atoms with Gasteiger partial charge in [0.1, 0.15) is 11.6 Å². The number of methoxy groups -OCH3 is 1. The van der Waals surface area contributed by atoms with Gasteiger partial charge in [-0.3, -0.25) is 9.80 Å². The van der Waals surface area contributed by atoms with E-state index in [1.807, 2.05) is 36.1 Å². The molecule has 30 heavy (non-hydrogen) atoms. The van der Waals surface area contributed by atoms with Gasteiger partial charge in [-0.15, -0.1) is 11.8 Å². The van der Waals surface area contributed by atoms with Crippen LogP contribution < -0.4 is 4.74 Å². The quantitative estimate of drug-likeness (QED) is 0.498. The number of ether oxygens (including phenoxy) is 1. The van der Waals surface area contributed by atoms with Gasteiger partial charge in [-0.1, -0.05) is 0 Å². The lowest BCUT2D eigenvalue weighted by atomic mass is 10.2. The number of thioether (sulfide) groups is 1. The largest absolute Gasteiger partial charge is 0.497 e. The highest BCUT2D eigenvalue weighted by Crippen LogP contribution is 2.23. The summed E-state index contributed by atoms with van der Waals surface area (Å²) >= 11 is 1.76. The van der Waals surface area contributed by atoms with Gasteiger partial charge in [-0.2, -0.15) is 0 Å². The van der Waals surface area contributed by atoms with E-state index in [4.69, 9.17) is 4.74 Å². The lowest BCUT2D eigenvalue weighted by Gasteiger charge is -2.38. The van der Waals surface area contributed by atoms with E-state index in [1.165, 1.54) is 4.90 Å². The summed E-state index contributed by atoms with van der Waals surface area (Å²) in [5, 5.41) is 3.83. The third-order valence-corrected chi connectivity index (χ3v) is 6.65. The standard InChI is InChI=1S/C21H27N5O3S/c1-16-22-14-17-15-25(21(28)26(16)17)24-11-9-23(10-12-24)20(27)4-3-13-30-19-7-5-18(29-2)6-8-19/h5-8,14H,3-4,9-13,15H2,1-2H3. The maximum atomic E-state index is 12.6. The Hall–Kier alpha value is -2.52. The molecule has 1 fully saturated rings. The van der Waals surface area contributed by atoms with E-state index < -0.39 is 0 Å². The fraction of sp³-hybridized carbons (Fsp3) is 0.476. The van der Waals surface area contributed by atoms with Crippen molar-refractivity contribution < 1.29 is 14.3 Å². The molecule has 1 aromatic heterocycles. The third kappa shape index (κ3) is 4.32. The summed E-state index contributed by atoms with van der Waals surface area (Å²) in [5.41, 5.74) is 0.922. The third-order valence-electron chi connectivity index (χ3n) is 5.55. The van der Waals surface area contributed by atoms with E-state index in [1.54, 1.807) is 34.6 Å². The predicted octanol–water partition coefficient (Wildman–Crippen LogP) is 2.62. The number of fused-ring (bicyclic) bond motifs is 1. The van der Waals surface area contributed by atoms with Gasteiger partial charge in [-0.05, 0) is 43.4 Å². The van der Waals surface area contributed by atoms with Gasteiger partial charge >= 0.3 is 6.03 Å². The number of benzene rings is 1. The number of hydrogen-bond donors (Lipinski definition) is 0. The Morgan fingerprint density at radius 1 is 1.17 bits per heavy atom. The molecule has 0 unspecified atom stereocenters. The molecule has 2 amide bonds. The molecule has 1 aromatic carbocycles. The molecule has 2 aromatic rings. The molecule has 4 rings (SSSR count). The molecule has 0 aliphatic carbocycles. The fourth-order valence-corrected chi connectivity index (χ4v) is 4.70. The Bertz CT molecular complexity index is 906. The van der Waals surface area contributed by atoms with Gasteiger partial charge in [0.05, 0.1) is 25.5 Å². The van der Waals surface area contributed by atoms with Crippen molar-refractivity contribution >= 4 is 23.7 Å². The molecule has 8 nitrogen and oxygen atoms in total. The number of carbonyl (C=O) groups is 2. The van der Waals surface area contributed by atoms with E-state index in [2.05, 4.69) is 9.99 Å². The summed E-state index contributed by atoms with van der Waals surface area (Å²) in [4.78, 5) is 32.5. The molecule has 0 N–H and O–H groups in total. The minimum absolute atomic E-state index is 0.0460. The van der Waals surface area contributed by atoms with E-state index >= 15 is 0 Å². The second kappa shape index (κ2) is 9.09. The SMILES string of the molecule is COc1ccc(SCCCC(=O)N2CCN(N3Cc4cnc(C)n4C3=O)CC2)cc1. The molecule has 0 bridgehead atoms. The van der Waals surface area contributed by atoms with Gasteiger partial charge in [0.15, 0.2) is 0 Å². The van der Waals surface area contributed by atoms with Crippen LogP contribution in [0.3, 0.4) is 0 Å². The van der Waals surface area contributed by atoms with Crippen LogP contribution in [-0.4, -0.2) is 75.4 Å². The lowest BCUT2D eigenvalue weighted by Crippen LogP contribution is -2.55. The van der Waals surface area contributed by atoms with Crippen LogP contribution >= 0.6 is 11.8 Å². The zero-order chi connectivity index (χ0) is 21.1. The summed E-state index contributed by atoms with van der Waals surface area (Å²) in [6, 6.07) is 7.94. The van der Waals surface area contributed by atoms with E-state index in [-0.39, 0.29) is 11.9 Å². The number of hydrazine groups is 1. The minimum atomic E-state index is -0.0460. The number of amides is 2. The predicted molar refractivity (Wildman–Crippen MR) is 114 cm³/mol. The molecule has 160 valence electrons. The van der Waals surface area contributed by atoms with Gasteiger partial charge in [0, 0.05) is 37.5 Å². The van der Waals surface area contributed by atoms with E-state index in [0.29, 0.717) is 39.1 Å². The molecule has 2 aliphatic heterocycles. The highest BCUT2D eigenvalue weighted by molar-refractivity contribution is 7.99. The van der Waals surface area contributed by atoms with Crippen LogP contribution in [0.4, 0.5) is 4.79 Å². The molecular weight excluding hydrogens is 402 g/mol. The van der Waals surface area contributed by atoms with E-state index in [9.17, 15) is 9.59 Å². The number of carbonyl (C=O) groups excluding carboxylic acids is 2. The van der Waals surface area contributed by atoms with Crippen molar-refractivity contribution in [2.75, 3.05) is 39.0 Å². The van der Waals surface area contributed by atoms with Crippen molar-refractivity contribution in [1.82, 2.24) is 24.5 Å². The second-order valence-corrected chi connectivity index (χ2v) is 8.60. The van der Waals surface area contributed by atoms with Crippen LogP contribution in [0.2, 0.25) is 0 Å². The van der Waals surface area contributed by atoms with Crippen molar-refractivity contribution in [3.05, 3.63) is 42.0 Å². The fourth-order valence-electron chi connectivity index (χ4n) is 3.85. The van der Waals surface area contributed by atoms with Gasteiger partial charge in [0.2, 0.25) is 5.91 Å². The molecule has 9 heteroatoms. The maximum Gasteiger partial charge on any atom is 0.344 e. The molecule has 0 spiro atoms. The van der Waals surface area contributed by atoms with Crippen LogP contribution in [0, 0.1) is 6.92 Å². The van der Waals surface area contributed by atoms with Crippen LogP contribution in [0.1, 0.15) is 24.4 Å². The average molecular weight is 430 g/mol. The van der Waals surface area contributed by atoms with Crippen LogP contribution in [-0.2, 0) is 11.3 Å². The molecule has 3 heterocycles. The first kappa shape index (κ1) is 20.7. The molecule has 0 radical (unpaired) electrons. The Kier molecular flexibility index (Phi) is 6.29. The van der Waals surface area contributed by atoms with Crippen molar-refractivity contribution in [1.29, 1.82) is 0 Å². The number of aromatic nitrogens is 2. The summed E-state index contributed by atoms with van der Waals surface area (Å²) in [6.45, 7) is 5.05. The number of piperazine rings is 1. The molecule has 1 saturated heterocycles. The van der Waals surface area contributed by atoms with Crippen molar-refractivity contribution in [2.24, 2.45) is 0 Å². The Balaban J connectivity index is 1.18. The first-order valence-corrected chi connectivity index (χ1v) is 11.2. The molecule has 0 saturated carbocycles.